The molecule has 1 aromatic rings. The first-order valence-corrected chi connectivity index (χ1v) is 11.2. The van der Waals surface area contributed by atoms with Crippen LogP contribution in [0.2, 0.25) is 0 Å². The molecular formula is C25H28F3NO4. The summed E-state index contributed by atoms with van der Waals surface area (Å²) in [5.41, 5.74) is 0.789. The Morgan fingerprint density at radius 1 is 1.27 bits per heavy atom. The van der Waals surface area contributed by atoms with Gasteiger partial charge in [-0.1, -0.05) is 32.0 Å². The number of rotatable bonds is 4. The van der Waals surface area contributed by atoms with Gasteiger partial charge in [0.1, 0.15) is 6.61 Å². The van der Waals surface area contributed by atoms with E-state index in [4.69, 9.17) is 9.47 Å². The molecule has 3 aliphatic rings. The van der Waals surface area contributed by atoms with E-state index in [0.29, 0.717) is 30.0 Å². The molecular weight excluding hydrogens is 435 g/mol. The summed E-state index contributed by atoms with van der Waals surface area (Å²) in [5, 5.41) is 3.19. The van der Waals surface area contributed by atoms with E-state index in [1.54, 1.807) is 6.92 Å². The van der Waals surface area contributed by atoms with Crippen molar-refractivity contribution < 1.29 is 32.2 Å². The number of carbonyl (C=O) groups excluding carboxylic acids is 2. The summed E-state index contributed by atoms with van der Waals surface area (Å²) in [6.07, 6.45) is -2.26. The van der Waals surface area contributed by atoms with E-state index in [-0.39, 0.29) is 41.5 Å². The summed E-state index contributed by atoms with van der Waals surface area (Å²) >= 11 is 0. The number of halogens is 3. The molecule has 1 fully saturated rings. The highest BCUT2D eigenvalue weighted by Gasteiger charge is 2.44. The summed E-state index contributed by atoms with van der Waals surface area (Å²) in [6.45, 7) is 6.32. The molecule has 0 amide bonds. The summed E-state index contributed by atoms with van der Waals surface area (Å²) in [7, 11) is 0. The second-order valence-electron chi connectivity index (χ2n) is 9.79. The molecule has 1 aromatic carbocycles. The predicted molar refractivity (Wildman–Crippen MR) is 115 cm³/mol. The van der Waals surface area contributed by atoms with E-state index < -0.39 is 23.6 Å². The summed E-state index contributed by atoms with van der Waals surface area (Å²) in [5.74, 6) is -1.75. The first-order chi connectivity index (χ1) is 15.5. The minimum Gasteiger partial charge on any atom is -0.459 e. The van der Waals surface area contributed by atoms with Gasteiger partial charge in [0.15, 0.2) is 5.78 Å². The molecule has 5 nitrogen and oxygen atoms in total. The number of ether oxygens (including phenoxy) is 2. The van der Waals surface area contributed by atoms with Gasteiger partial charge in [0, 0.05) is 35.9 Å². The number of ketones is 1. The summed E-state index contributed by atoms with van der Waals surface area (Å²) in [4.78, 5) is 26.4. The molecule has 0 aromatic heterocycles. The highest BCUT2D eigenvalue weighted by Crippen LogP contribution is 2.47. The summed E-state index contributed by atoms with van der Waals surface area (Å²) in [6, 6.07) is 4.85. The lowest BCUT2D eigenvalue weighted by Gasteiger charge is -2.39. The largest absolute Gasteiger partial charge is 0.459 e. The van der Waals surface area contributed by atoms with Crippen molar-refractivity contribution in [1.29, 1.82) is 0 Å². The Morgan fingerprint density at radius 2 is 2.03 bits per heavy atom. The summed E-state index contributed by atoms with van der Waals surface area (Å²) < 4.78 is 51.4. The molecule has 0 saturated carbocycles. The molecule has 0 spiro atoms. The molecule has 0 bridgehead atoms. The molecule has 2 heterocycles. The molecule has 178 valence electrons. The van der Waals surface area contributed by atoms with Gasteiger partial charge < -0.3 is 14.8 Å². The zero-order chi connectivity index (χ0) is 24.0. The average molecular weight is 463 g/mol. The third kappa shape index (κ3) is 4.86. The Bertz CT molecular complexity index is 1030. The molecule has 1 N–H and O–H groups in total. The van der Waals surface area contributed by atoms with Crippen molar-refractivity contribution in [3.63, 3.8) is 0 Å². The van der Waals surface area contributed by atoms with Crippen LogP contribution in [0.15, 0.2) is 46.8 Å². The van der Waals surface area contributed by atoms with Crippen LogP contribution in [0, 0.1) is 5.41 Å². The van der Waals surface area contributed by atoms with E-state index in [2.05, 4.69) is 5.32 Å². The van der Waals surface area contributed by atoms with Crippen molar-refractivity contribution in [2.24, 2.45) is 5.41 Å². The van der Waals surface area contributed by atoms with Crippen LogP contribution < -0.4 is 5.32 Å². The quantitative estimate of drug-likeness (QED) is 0.635. The number of hydrogen-bond acceptors (Lipinski definition) is 5. The fourth-order valence-corrected chi connectivity index (χ4v) is 4.96. The van der Waals surface area contributed by atoms with Crippen molar-refractivity contribution in [2.75, 3.05) is 13.2 Å². The van der Waals surface area contributed by atoms with Crippen LogP contribution in [0.5, 0.6) is 0 Å². The van der Waals surface area contributed by atoms with Crippen molar-refractivity contribution in [3.05, 3.63) is 57.9 Å². The van der Waals surface area contributed by atoms with Crippen LogP contribution in [-0.4, -0.2) is 31.1 Å². The first-order valence-electron chi connectivity index (χ1n) is 11.2. The normalized spacial score (nSPS) is 25.1. The number of esters is 1. The van der Waals surface area contributed by atoms with Crippen LogP contribution in [0.3, 0.4) is 0 Å². The van der Waals surface area contributed by atoms with Gasteiger partial charge in [-0.15, -0.1) is 0 Å². The van der Waals surface area contributed by atoms with E-state index >= 15 is 0 Å². The predicted octanol–water partition coefficient (Wildman–Crippen LogP) is 5.03. The minimum atomic E-state index is -4.54. The maximum Gasteiger partial charge on any atom is 0.416 e. The smallest absolute Gasteiger partial charge is 0.416 e. The van der Waals surface area contributed by atoms with Gasteiger partial charge >= 0.3 is 12.1 Å². The van der Waals surface area contributed by atoms with Gasteiger partial charge in [0.25, 0.3) is 0 Å². The number of Topliss-reactive ketones (excluding diaryl/α,β-unsaturated/α-hetero) is 1. The third-order valence-electron chi connectivity index (χ3n) is 6.43. The topological polar surface area (TPSA) is 64.6 Å². The van der Waals surface area contributed by atoms with Crippen LogP contribution in [-0.2, 0) is 25.2 Å². The Balaban J connectivity index is 1.76. The second-order valence-corrected chi connectivity index (χ2v) is 9.79. The monoisotopic (exact) mass is 463 g/mol. The Morgan fingerprint density at radius 3 is 2.70 bits per heavy atom. The third-order valence-corrected chi connectivity index (χ3v) is 6.43. The van der Waals surface area contributed by atoms with Gasteiger partial charge in [-0.25, -0.2) is 4.79 Å². The molecule has 33 heavy (non-hydrogen) atoms. The van der Waals surface area contributed by atoms with E-state index in [0.717, 1.165) is 25.0 Å². The lowest BCUT2D eigenvalue weighted by Crippen LogP contribution is -2.39. The van der Waals surface area contributed by atoms with Gasteiger partial charge in [-0.3, -0.25) is 4.79 Å². The zero-order valence-electron chi connectivity index (χ0n) is 19.0. The Hall–Kier alpha value is -2.61. The number of allylic oxidation sites excluding steroid dienone is 3. The van der Waals surface area contributed by atoms with Crippen molar-refractivity contribution in [1.82, 2.24) is 5.32 Å². The Kier molecular flexibility index (Phi) is 6.16. The van der Waals surface area contributed by atoms with Gasteiger partial charge in [0.2, 0.25) is 0 Å². The molecule has 0 radical (unpaired) electrons. The van der Waals surface area contributed by atoms with Crippen LogP contribution in [0.1, 0.15) is 63.5 Å². The number of nitrogens with one attached hydrogen (secondary N) is 1. The highest BCUT2D eigenvalue weighted by molar-refractivity contribution is 6.04. The van der Waals surface area contributed by atoms with E-state index in [1.165, 1.54) is 12.1 Å². The van der Waals surface area contributed by atoms with Crippen LogP contribution in [0.4, 0.5) is 13.2 Å². The van der Waals surface area contributed by atoms with Gasteiger partial charge in [-0.2, -0.15) is 13.2 Å². The van der Waals surface area contributed by atoms with Gasteiger partial charge in [0.05, 0.1) is 17.2 Å². The average Bonchev–Trinajstić information content (AvgIpc) is 3.23. The molecule has 1 aliphatic carbocycles. The SMILES string of the molecule is CC1=C(C(=O)OC[C@H]2CCCO2)[C@@H](c2cccc(C(F)(F)F)c2)C2=C(CC(C)(C)CC2=O)N1. The van der Waals surface area contributed by atoms with Crippen molar-refractivity contribution in [3.8, 4) is 0 Å². The fourth-order valence-electron chi connectivity index (χ4n) is 4.96. The molecule has 2 atom stereocenters. The van der Waals surface area contributed by atoms with Gasteiger partial charge in [-0.05, 0) is 43.2 Å². The molecule has 0 unspecified atom stereocenters. The number of dihydropyridines is 1. The van der Waals surface area contributed by atoms with E-state index in [1.807, 2.05) is 13.8 Å². The number of hydrogen-bond donors (Lipinski definition) is 1. The zero-order valence-corrected chi connectivity index (χ0v) is 19.0. The standard InChI is InChI=1S/C25H28F3NO4/c1-14-20(23(31)33-13-17-8-5-9-32-17)21(15-6-4-7-16(10-15)25(26,27)28)22-18(29-14)11-24(2,3)12-19(22)30/h4,6-7,10,17,21,29H,5,8-9,11-13H2,1-3H3/t17-,21-/m1/s1. The van der Waals surface area contributed by atoms with Crippen LogP contribution in [0.25, 0.3) is 0 Å². The lowest BCUT2D eigenvalue weighted by molar-refractivity contribution is -0.142. The maximum atomic E-state index is 13.5. The lowest BCUT2D eigenvalue weighted by atomic mass is 9.68. The maximum absolute atomic E-state index is 13.5. The Labute approximate surface area is 191 Å². The number of benzene rings is 1. The van der Waals surface area contributed by atoms with Crippen molar-refractivity contribution >= 4 is 11.8 Å². The van der Waals surface area contributed by atoms with E-state index in [9.17, 15) is 22.8 Å². The molecule has 8 heteroatoms. The van der Waals surface area contributed by atoms with Crippen LogP contribution >= 0.6 is 0 Å². The molecule has 1 saturated heterocycles. The fraction of sp³-hybridized carbons (Fsp3) is 0.520. The van der Waals surface area contributed by atoms with Crippen molar-refractivity contribution in [2.45, 2.75) is 64.7 Å². The molecule has 2 aliphatic heterocycles. The minimum absolute atomic E-state index is 0.0673. The second kappa shape index (κ2) is 8.63. The molecule has 4 rings (SSSR count). The first kappa shape index (κ1) is 23.5. The number of carbonyl (C=O) groups is 2. The number of alkyl halides is 3. The highest BCUT2D eigenvalue weighted by atomic mass is 19.4.